The number of anilines is 1. The number of nitrogens with one attached hydrogen (secondary N) is 2. The molecule has 258 valence electrons. The number of alkyl halides is 12. The van der Waals surface area contributed by atoms with Crippen LogP contribution in [-0.2, 0) is 6.42 Å². The lowest BCUT2D eigenvalue weighted by Crippen LogP contribution is -2.61. The van der Waals surface area contributed by atoms with Crippen LogP contribution in [0.5, 0.6) is 0 Å². The summed E-state index contributed by atoms with van der Waals surface area (Å²) in [6.07, 6.45) is -23.7. The lowest BCUT2D eigenvalue weighted by atomic mass is 9.83. The standard InChI is InChI=1S/C29H36F12N2O2/c1-17-9-8-12-21(43-23(4,5)16-25(45,28(36,37)38)29(39,40)41)19(17)14-13-18-10-6-7-11-20(18)42-22(2,3)15-24(44,26(30,31)32)27(33,34)35/h6-8,10-12,17,42-45H,9,13-16H2,1-5H3. The number of hydrogen-bond donors (Lipinski definition) is 4. The first kappa shape index (κ1) is 38.6. The molecule has 0 heterocycles. The lowest BCUT2D eigenvalue weighted by molar-refractivity contribution is -0.373. The first-order chi connectivity index (χ1) is 20.0. The Labute approximate surface area is 252 Å². The lowest BCUT2D eigenvalue weighted by Gasteiger charge is -2.40. The highest BCUT2D eigenvalue weighted by molar-refractivity contribution is 5.53. The van der Waals surface area contributed by atoms with Gasteiger partial charge in [0, 0.05) is 35.3 Å². The topological polar surface area (TPSA) is 64.5 Å². The van der Waals surface area contributed by atoms with Crippen LogP contribution in [0.3, 0.4) is 0 Å². The van der Waals surface area contributed by atoms with Crippen molar-refractivity contribution < 1.29 is 62.9 Å². The van der Waals surface area contributed by atoms with E-state index in [9.17, 15) is 62.9 Å². The number of rotatable bonds is 11. The molecule has 0 spiro atoms. The van der Waals surface area contributed by atoms with Gasteiger partial charge in [-0.3, -0.25) is 0 Å². The molecular formula is C29H36F12N2O2. The van der Waals surface area contributed by atoms with E-state index in [1.165, 1.54) is 18.2 Å². The Morgan fingerprint density at radius 2 is 1.09 bits per heavy atom. The highest BCUT2D eigenvalue weighted by Gasteiger charge is 2.72. The second-order valence-electron chi connectivity index (χ2n) is 12.7. The second kappa shape index (κ2) is 12.5. The Hall–Kier alpha value is -2.62. The average Bonchev–Trinajstić information content (AvgIpc) is 2.80. The van der Waals surface area contributed by atoms with E-state index in [1.807, 2.05) is 0 Å². The van der Waals surface area contributed by atoms with Gasteiger partial charge in [-0.1, -0.05) is 31.2 Å². The van der Waals surface area contributed by atoms with Crippen LogP contribution in [0.4, 0.5) is 58.4 Å². The summed E-state index contributed by atoms with van der Waals surface area (Å²) in [6, 6.07) is 6.00. The van der Waals surface area contributed by atoms with Crippen LogP contribution in [0.1, 0.15) is 65.9 Å². The maximum atomic E-state index is 13.4. The number of benzene rings is 1. The molecule has 0 fully saturated rings. The van der Waals surface area contributed by atoms with Gasteiger partial charge in [0.05, 0.1) is 0 Å². The third-order valence-corrected chi connectivity index (χ3v) is 7.61. The molecule has 4 N–H and O–H groups in total. The number of para-hydroxylation sites is 1. The molecule has 0 aromatic heterocycles. The first-order valence-corrected chi connectivity index (χ1v) is 13.7. The zero-order chi connectivity index (χ0) is 35.1. The van der Waals surface area contributed by atoms with E-state index in [4.69, 9.17) is 0 Å². The molecule has 1 aliphatic carbocycles. The van der Waals surface area contributed by atoms with Gasteiger partial charge in [0.25, 0.3) is 11.2 Å². The Morgan fingerprint density at radius 1 is 0.667 bits per heavy atom. The van der Waals surface area contributed by atoms with Gasteiger partial charge >= 0.3 is 24.7 Å². The van der Waals surface area contributed by atoms with Crippen LogP contribution in [0, 0.1) is 5.92 Å². The minimum atomic E-state index is -6.02. The molecule has 0 radical (unpaired) electrons. The predicted molar refractivity (Wildman–Crippen MR) is 143 cm³/mol. The molecule has 45 heavy (non-hydrogen) atoms. The van der Waals surface area contributed by atoms with Gasteiger partial charge in [-0.25, -0.2) is 0 Å². The second-order valence-corrected chi connectivity index (χ2v) is 12.7. The summed E-state index contributed by atoms with van der Waals surface area (Å²) in [7, 11) is 0. The van der Waals surface area contributed by atoms with E-state index in [0.29, 0.717) is 17.6 Å². The fourth-order valence-corrected chi connectivity index (χ4v) is 5.36. The SMILES string of the molecule is CC1CC=CC(NC(C)(C)CC(O)(C(F)(F)F)C(F)(F)F)=C1CCc1ccccc1NC(C)(C)CC(O)(C(F)(F)F)C(F)(F)F. The van der Waals surface area contributed by atoms with Crippen molar-refractivity contribution in [1.29, 1.82) is 0 Å². The van der Waals surface area contributed by atoms with Gasteiger partial charge in [0.2, 0.25) is 0 Å². The minimum Gasteiger partial charge on any atom is -0.380 e. The van der Waals surface area contributed by atoms with E-state index in [-0.39, 0.29) is 30.1 Å². The van der Waals surface area contributed by atoms with Gasteiger partial charge in [0.1, 0.15) is 0 Å². The molecule has 2 rings (SSSR count). The number of allylic oxidation sites excluding steroid dienone is 3. The molecule has 4 nitrogen and oxygen atoms in total. The van der Waals surface area contributed by atoms with Crippen LogP contribution in [0.2, 0.25) is 0 Å². The van der Waals surface area contributed by atoms with Crippen molar-refractivity contribution >= 4 is 5.69 Å². The highest BCUT2D eigenvalue weighted by Crippen LogP contribution is 2.49. The van der Waals surface area contributed by atoms with Crippen molar-refractivity contribution in [2.24, 2.45) is 5.92 Å². The van der Waals surface area contributed by atoms with Crippen molar-refractivity contribution in [2.45, 2.75) is 114 Å². The molecule has 0 bridgehead atoms. The third kappa shape index (κ3) is 8.80. The predicted octanol–water partition coefficient (Wildman–Crippen LogP) is 8.52. The summed E-state index contributed by atoms with van der Waals surface area (Å²) in [5.41, 5.74) is -12.5. The Kier molecular flexibility index (Phi) is 10.7. The number of aliphatic hydroxyl groups is 2. The molecule has 1 unspecified atom stereocenters. The minimum absolute atomic E-state index is 0.121. The molecule has 16 heteroatoms. The number of aryl methyl sites for hydroxylation is 1. The summed E-state index contributed by atoms with van der Waals surface area (Å²) >= 11 is 0. The van der Waals surface area contributed by atoms with E-state index < -0.39 is 59.8 Å². The smallest absolute Gasteiger partial charge is 0.380 e. The van der Waals surface area contributed by atoms with Crippen LogP contribution in [0.15, 0.2) is 47.7 Å². The van der Waals surface area contributed by atoms with Crippen LogP contribution >= 0.6 is 0 Å². The summed E-state index contributed by atoms with van der Waals surface area (Å²) in [6.45, 7) is 6.00. The Bertz CT molecular complexity index is 1210. The van der Waals surface area contributed by atoms with Crippen molar-refractivity contribution in [1.82, 2.24) is 5.32 Å². The van der Waals surface area contributed by atoms with Gasteiger partial charge in [0.15, 0.2) is 0 Å². The van der Waals surface area contributed by atoms with Gasteiger partial charge < -0.3 is 20.8 Å². The molecule has 1 aliphatic rings. The summed E-state index contributed by atoms with van der Waals surface area (Å²) < 4.78 is 160. The van der Waals surface area contributed by atoms with Crippen LogP contribution < -0.4 is 10.6 Å². The molecule has 0 aliphatic heterocycles. The van der Waals surface area contributed by atoms with E-state index in [0.717, 1.165) is 27.7 Å². The maximum absolute atomic E-state index is 13.4. The normalized spacial score (nSPS) is 18.0. The molecule has 0 amide bonds. The highest BCUT2D eigenvalue weighted by atomic mass is 19.4. The molecule has 0 saturated heterocycles. The fourth-order valence-electron chi connectivity index (χ4n) is 5.36. The Balaban J connectivity index is 2.36. The molecule has 1 atom stereocenters. The van der Waals surface area contributed by atoms with Crippen molar-refractivity contribution in [2.75, 3.05) is 5.32 Å². The van der Waals surface area contributed by atoms with Gasteiger partial charge in [-0.2, -0.15) is 52.7 Å². The molecule has 0 saturated carbocycles. The zero-order valence-corrected chi connectivity index (χ0v) is 25.0. The Morgan fingerprint density at radius 3 is 1.53 bits per heavy atom. The van der Waals surface area contributed by atoms with E-state index in [2.05, 4.69) is 10.6 Å². The largest absolute Gasteiger partial charge is 0.426 e. The van der Waals surface area contributed by atoms with Gasteiger partial charge in [-0.05, 0) is 76.2 Å². The fraction of sp³-hybridized carbons (Fsp3) is 0.655. The quantitative estimate of drug-likeness (QED) is 0.178. The molecule has 1 aromatic rings. The first-order valence-electron chi connectivity index (χ1n) is 13.7. The number of halogens is 12. The van der Waals surface area contributed by atoms with Crippen molar-refractivity contribution in [3.8, 4) is 0 Å². The average molecular weight is 673 g/mol. The maximum Gasteiger partial charge on any atom is 0.426 e. The monoisotopic (exact) mass is 672 g/mol. The molecule has 1 aromatic carbocycles. The van der Waals surface area contributed by atoms with Crippen molar-refractivity contribution in [3.05, 3.63) is 53.3 Å². The van der Waals surface area contributed by atoms with Crippen molar-refractivity contribution in [3.63, 3.8) is 0 Å². The summed E-state index contributed by atoms with van der Waals surface area (Å²) in [5, 5.41) is 24.8. The summed E-state index contributed by atoms with van der Waals surface area (Å²) in [5.74, 6) is -0.248. The van der Waals surface area contributed by atoms with Gasteiger partial charge in [-0.15, -0.1) is 0 Å². The van der Waals surface area contributed by atoms with E-state index >= 15 is 0 Å². The molecular weight excluding hydrogens is 636 g/mol. The van der Waals surface area contributed by atoms with Crippen LogP contribution in [-0.4, -0.2) is 57.2 Å². The zero-order valence-electron chi connectivity index (χ0n) is 25.0. The van der Waals surface area contributed by atoms with Crippen LogP contribution in [0.25, 0.3) is 0 Å². The summed E-state index contributed by atoms with van der Waals surface area (Å²) in [4.78, 5) is 0. The third-order valence-electron chi connectivity index (χ3n) is 7.61. The number of hydrogen-bond acceptors (Lipinski definition) is 4. The van der Waals surface area contributed by atoms with E-state index in [1.54, 1.807) is 25.1 Å².